The van der Waals surface area contributed by atoms with E-state index in [2.05, 4.69) is 17.1 Å². The van der Waals surface area contributed by atoms with Gasteiger partial charge in [-0.15, -0.1) is 0 Å². The largest absolute Gasteiger partial charge is 0.338 e. The lowest BCUT2D eigenvalue weighted by Crippen LogP contribution is -2.64. The number of urea groups is 1. The molecule has 25 heavy (non-hydrogen) atoms. The molecule has 0 aromatic heterocycles. The molecule has 3 amide bonds. The first-order valence-electron chi connectivity index (χ1n) is 9.15. The monoisotopic (exact) mass is 344 g/mol. The van der Waals surface area contributed by atoms with Crippen molar-refractivity contribution in [2.75, 3.05) is 44.7 Å². The molecule has 6 nitrogen and oxygen atoms in total. The Labute approximate surface area is 149 Å². The maximum absolute atomic E-state index is 12.5. The summed E-state index contributed by atoms with van der Waals surface area (Å²) in [6.45, 7) is 5.26. The van der Waals surface area contributed by atoms with Gasteiger partial charge in [-0.25, -0.2) is 4.79 Å². The molecule has 1 aromatic carbocycles. The van der Waals surface area contributed by atoms with Crippen molar-refractivity contribution < 1.29 is 9.59 Å². The van der Waals surface area contributed by atoms with Gasteiger partial charge in [0.15, 0.2) is 0 Å². The van der Waals surface area contributed by atoms with Crippen molar-refractivity contribution in [2.45, 2.75) is 31.7 Å². The first-order valence-corrected chi connectivity index (χ1v) is 9.15. The fourth-order valence-corrected chi connectivity index (χ4v) is 3.76. The minimum absolute atomic E-state index is 0.0156. The Balaban J connectivity index is 1.70. The summed E-state index contributed by atoms with van der Waals surface area (Å²) in [5.74, 6) is 0.116. The summed E-state index contributed by atoms with van der Waals surface area (Å²) < 4.78 is 0. The average Bonchev–Trinajstić information content (AvgIpc) is 3.05. The summed E-state index contributed by atoms with van der Waals surface area (Å²) in [4.78, 5) is 30.8. The minimum atomic E-state index is -0.161. The zero-order valence-electron chi connectivity index (χ0n) is 15.2. The van der Waals surface area contributed by atoms with E-state index >= 15 is 0 Å². The Kier molecular flexibility index (Phi) is 5.27. The molecule has 136 valence electrons. The van der Waals surface area contributed by atoms with Crippen LogP contribution in [0.2, 0.25) is 0 Å². The number of carbonyl (C=O) groups excluding carboxylic acids is 2. The predicted octanol–water partition coefficient (Wildman–Crippen LogP) is 1.92. The van der Waals surface area contributed by atoms with Gasteiger partial charge in [0.25, 0.3) is 0 Å². The van der Waals surface area contributed by atoms with Gasteiger partial charge >= 0.3 is 6.03 Å². The van der Waals surface area contributed by atoms with Crippen LogP contribution < -0.4 is 10.2 Å². The number of hydrogen-bond acceptors (Lipinski definition) is 3. The second-order valence-corrected chi connectivity index (χ2v) is 7.15. The van der Waals surface area contributed by atoms with E-state index in [4.69, 9.17) is 0 Å². The Morgan fingerprint density at radius 2 is 2.00 bits per heavy atom. The van der Waals surface area contributed by atoms with Gasteiger partial charge in [-0.2, -0.15) is 0 Å². The van der Waals surface area contributed by atoms with Crippen molar-refractivity contribution in [3.05, 3.63) is 30.3 Å². The maximum Gasteiger partial charge on any atom is 0.317 e. The lowest BCUT2D eigenvalue weighted by molar-refractivity contribution is -0.123. The quantitative estimate of drug-likeness (QED) is 0.849. The number of benzene rings is 1. The van der Waals surface area contributed by atoms with Gasteiger partial charge in [0.2, 0.25) is 5.91 Å². The number of piperazine rings is 1. The van der Waals surface area contributed by atoms with Gasteiger partial charge in [0.1, 0.15) is 0 Å². The Bertz CT molecular complexity index is 621. The van der Waals surface area contributed by atoms with Crippen molar-refractivity contribution >= 4 is 17.6 Å². The Hall–Kier alpha value is -2.08. The molecule has 3 rings (SSSR count). The number of nitrogens with one attached hydrogen (secondary N) is 1. The predicted molar refractivity (Wildman–Crippen MR) is 98.7 cm³/mol. The van der Waals surface area contributed by atoms with E-state index in [0.717, 1.165) is 38.0 Å². The average molecular weight is 344 g/mol. The van der Waals surface area contributed by atoms with Crippen LogP contribution in [-0.2, 0) is 4.79 Å². The number of carbonyl (C=O) groups is 2. The van der Waals surface area contributed by atoms with Crippen LogP contribution in [0.3, 0.4) is 0 Å². The number of nitrogens with zero attached hydrogens (tertiary/aromatic N) is 3. The number of unbranched alkanes of at least 4 members (excludes halogenated alkanes) is 1. The number of likely N-dealkylation sites (tertiary alicyclic amines) is 1. The topological polar surface area (TPSA) is 55.9 Å². The molecular weight excluding hydrogens is 316 g/mol. The van der Waals surface area contributed by atoms with Crippen LogP contribution in [-0.4, -0.2) is 67.0 Å². The molecule has 1 N–H and O–H groups in total. The lowest BCUT2D eigenvalue weighted by atomic mass is 9.92. The molecule has 2 saturated heterocycles. The van der Waals surface area contributed by atoms with Gasteiger partial charge in [-0.1, -0.05) is 31.5 Å². The van der Waals surface area contributed by atoms with Crippen LogP contribution in [0.1, 0.15) is 26.2 Å². The van der Waals surface area contributed by atoms with Gasteiger partial charge in [-0.3, -0.25) is 9.69 Å². The Morgan fingerprint density at radius 3 is 2.72 bits per heavy atom. The molecule has 2 aliphatic rings. The first kappa shape index (κ1) is 17.7. The second-order valence-electron chi connectivity index (χ2n) is 7.15. The third-order valence-electron chi connectivity index (χ3n) is 5.43. The highest BCUT2D eigenvalue weighted by Gasteiger charge is 2.48. The van der Waals surface area contributed by atoms with Gasteiger partial charge in [0, 0.05) is 31.9 Å². The van der Waals surface area contributed by atoms with E-state index in [0.29, 0.717) is 19.6 Å². The highest BCUT2D eigenvalue weighted by atomic mass is 16.2. The van der Waals surface area contributed by atoms with Gasteiger partial charge in [0.05, 0.1) is 12.1 Å². The summed E-state index contributed by atoms with van der Waals surface area (Å²) >= 11 is 0. The molecular formula is C19H28N4O2. The zero-order valence-corrected chi connectivity index (χ0v) is 15.2. The number of likely N-dealkylation sites (N-methyl/N-ethyl adjacent to an activating group) is 1. The molecule has 1 aromatic rings. The normalized spacial score (nSPS) is 24.2. The SMILES string of the molecule is CCCCNC(=O)N1CCC2(C1)CN(c1ccccc1)C(=O)CN2C. The van der Waals surface area contributed by atoms with E-state index < -0.39 is 0 Å². The number of anilines is 1. The molecule has 0 saturated carbocycles. The van der Waals surface area contributed by atoms with Crippen LogP contribution in [0, 0.1) is 0 Å². The van der Waals surface area contributed by atoms with Crippen LogP contribution in [0.5, 0.6) is 0 Å². The van der Waals surface area contributed by atoms with Crippen LogP contribution in [0.25, 0.3) is 0 Å². The van der Waals surface area contributed by atoms with E-state index in [9.17, 15) is 9.59 Å². The Morgan fingerprint density at radius 1 is 1.24 bits per heavy atom. The van der Waals surface area contributed by atoms with Crippen molar-refractivity contribution in [3.63, 3.8) is 0 Å². The van der Waals surface area contributed by atoms with E-state index in [-0.39, 0.29) is 17.5 Å². The first-order chi connectivity index (χ1) is 12.1. The summed E-state index contributed by atoms with van der Waals surface area (Å²) in [5, 5.41) is 3.00. The third-order valence-corrected chi connectivity index (χ3v) is 5.43. The number of hydrogen-bond donors (Lipinski definition) is 1. The molecule has 2 heterocycles. The molecule has 2 aliphatic heterocycles. The summed E-state index contributed by atoms with van der Waals surface area (Å²) in [6.07, 6.45) is 2.96. The van der Waals surface area contributed by atoms with Gasteiger partial charge in [-0.05, 0) is 32.0 Å². The van der Waals surface area contributed by atoms with E-state index in [1.807, 2.05) is 47.2 Å². The molecule has 1 unspecified atom stereocenters. The van der Waals surface area contributed by atoms with Crippen molar-refractivity contribution in [2.24, 2.45) is 0 Å². The van der Waals surface area contributed by atoms with Gasteiger partial charge < -0.3 is 15.1 Å². The highest BCUT2D eigenvalue weighted by Crippen LogP contribution is 2.33. The standard InChI is InChI=1S/C19H28N4O2/c1-3-4-11-20-18(25)22-12-10-19(14-22)15-23(17(24)13-21(19)2)16-8-6-5-7-9-16/h5-9H,3-4,10-15H2,1-2H3,(H,20,25). The summed E-state index contributed by atoms with van der Waals surface area (Å²) in [7, 11) is 2.00. The molecule has 0 aliphatic carbocycles. The smallest absolute Gasteiger partial charge is 0.317 e. The van der Waals surface area contributed by atoms with Crippen LogP contribution in [0.15, 0.2) is 30.3 Å². The van der Waals surface area contributed by atoms with Crippen LogP contribution >= 0.6 is 0 Å². The molecule has 0 bridgehead atoms. The second kappa shape index (κ2) is 7.44. The highest BCUT2D eigenvalue weighted by molar-refractivity contribution is 5.96. The fourth-order valence-electron chi connectivity index (χ4n) is 3.76. The number of amides is 3. The molecule has 2 fully saturated rings. The fraction of sp³-hybridized carbons (Fsp3) is 0.579. The molecule has 0 radical (unpaired) electrons. The number of para-hydroxylation sites is 1. The third kappa shape index (κ3) is 3.63. The van der Waals surface area contributed by atoms with E-state index in [1.165, 1.54) is 0 Å². The molecule has 6 heteroatoms. The molecule has 1 atom stereocenters. The van der Waals surface area contributed by atoms with Crippen molar-refractivity contribution in [3.8, 4) is 0 Å². The van der Waals surface area contributed by atoms with Crippen molar-refractivity contribution in [1.82, 2.24) is 15.1 Å². The number of rotatable bonds is 4. The van der Waals surface area contributed by atoms with E-state index in [1.54, 1.807) is 0 Å². The van der Waals surface area contributed by atoms with Crippen molar-refractivity contribution in [1.29, 1.82) is 0 Å². The zero-order chi connectivity index (χ0) is 17.9. The summed E-state index contributed by atoms with van der Waals surface area (Å²) in [5.41, 5.74) is 0.775. The summed E-state index contributed by atoms with van der Waals surface area (Å²) in [6, 6.07) is 9.83. The lowest BCUT2D eigenvalue weighted by Gasteiger charge is -2.46. The minimum Gasteiger partial charge on any atom is -0.338 e. The molecule has 1 spiro atoms. The van der Waals surface area contributed by atoms with Crippen LogP contribution in [0.4, 0.5) is 10.5 Å². The maximum atomic E-state index is 12.5.